The van der Waals surface area contributed by atoms with Crippen LogP contribution in [0.15, 0.2) is 12.7 Å². The number of amides is 2. The first-order valence-electron chi connectivity index (χ1n) is 6.56. The summed E-state index contributed by atoms with van der Waals surface area (Å²) in [7, 11) is 0. The molecule has 0 saturated heterocycles. The topological polar surface area (TPSA) is 75.4 Å². The van der Waals surface area contributed by atoms with Gasteiger partial charge in [-0.3, -0.25) is 9.59 Å². The van der Waals surface area contributed by atoms with Gasteiger partial charge in [-0.1, -0.05) is 19.9 Å². The van der Waals surface area contributed by atoms with E-state index >= 15 is 0 Å². The number of rotatable bonds is 6. The first kappa shape index (κ1) is 17.6. The number of nitrogens with zero attached hydrogens (tertiary/aromatic N) is 1. The molecule has 0 aromatic rings. The Hall–Kier alpha value is -1.36. The Kier molecular flexibility index (Phi) is 6.76. The molecule has 0 aromatic carbocycles. The standard InChI is InChI=1S/C14H27N3O2/c1-7-8-17(14(4,5)6)11(18)9-16-13(19)12(15)10(2)3/h7,10,12H,1,8-9,15H2,2-6H3,(H,16,19)/t12-/m0/s1. The first-order chi connectivity index (χ1) is 8.61. The predicted molar refractivity (Wildman–Crippen MR) is 77.5 cm³/mol. The van der Waals surface area contributed by atoms with E-state index in [1.165, 1.54) is 0 Å². The average Bonchev–Trinajstić information content (AvgIpc) is 2.29. The van der Waals surface area contributed by atoms with Crippen LogP contribution in [0.5, 0.6) is 0 Å². The zero-order valence-corrected chi connectivity index (χ0v) is 12.7. The van der Waals surface area contributed by atoms with Crippen LogP contribution in [0.1, 0.15) is 34.6 Å². The summed E-state index contributed by atoms with van der Waals surface area (Å²) in [6, 6.07) is -0.588. The highest BCUT2D eigenvalue weighted by Crippen LogP contribution is 2.12. The molecule has 0 spiro atoms. The minimum Gasteiger partial charge on any atom is -0.346 e. The summed E-state index contributed by atoms with van der Waals surface area (Å²) in [6.07, 6.45) is 1.67. The van der Waals surface area contributed by atoms with Gasteiger partial charge in [0.05, 0.1) is 12.6 Å². The van der Waals surface area contributed by atoms with E-state index in [0.29, 0.717) is 6.54 Å². The summed E-state index contributed by atoms with van der Waals surface area (Å²) in [5, 5.41) is 2.59. The SMILES string of the molecule is C=CCN(C(=O)CNC(=O)[C@@H](N)C(C)C)C(C)(C)C. The van der Waals surface area contributed by atoms with Gasteiger partial charge in [-0.2, -0.15) is 0 Å². The van der Waals surface area contributed by atoms with Crippen molar-refractivity contribution in [3.05, 3.63) is 12.7 Å². The minimum atomic E-state index is -0.588. The van der Waals surface area contributed by atoms with Crippen molar-refractivity contribution in [1.29, 1.82) is 0 Å². The fourth-order valence-electron chi connectivity index (χ4n) is 1.56. The van der Waals surface area contributed by atoms with Gasteiger partial charge in [-0.15, -0.1) is 6.58 Å². The fourth-order valence-corrected chi connectivity index (χ4v) is 1.56. The number of nitrogens with one attached hydrogen (secondary N) is 1. The molecule has 0 saturated carbocycles. The second kappa shape index (κ2) is 7.28. The van der Waals surface area contributed by atoms with Gasteiger partial charge in [0.25, 0.3) is 0 Å². The van der Waals surface area contributed by atoms with Crippen LogP contribution in [-0.4, -0.2) is 41.4 Å². The van der Waals surface area contributed by atoms with Gasteiger partial charge in [0.15, 0.2) is 0 Å². The van der Waals surface area contributed by atoms with Gasteiger partial charge in [0, 0.05) is 12.1 Å². The molecule has 0 aromatic heterocycles. The van der Waals surface area contributed by atoms with Crippen molar-refractivity contribution in [2.75, 3.05) is 13.1 Å². The molecule has 2 amide bonds. The van der Waals surface area contributed by atoms with E-state index in [9.17, 15) is 9.59 Å². The second-order valence-corrected chi connectivity index (χ2v) is 5.95. The molecule has 0 bridgehead atoms. The molecule has 3 N–H and O–H groups in total. The van der Waals surface area contributed by atoms with Crippen LogP contribution >= 0.6 is 0 Å². The summed E-state index contributed by atoms with van der Waals surface area (Å²) < 4.78 is 0. The van der Waals surface area contributed by atoms with Crippen molar-refractivity contribution in [1.82, 2.24) is 10.2 Å². The maximum Gasteiger partial charge on any atom is 0.242 e. The van der Waals surface area contributed by atoms with Crippen molar-refractivity contribution in [2.45, 2.75) is 46.2 Å². The summed E-state index contributed by atoms with van der Waals surface area (Å²) in [6.45, 7) is 13.6. The lowest BCUT2D eigenvalue weighted by Crippen LogP contribution is -2.52. The lowest BCUT2D eigenvalue weighted by molar-refractivity contribution is -0.136. The van der Waals surface area contributed by atoms with Crippen LogP contribution in [0.2, 0.25) is 0 Å². The maximum absolute atomic E-state index is 12.1. The molecule has 1 atom stereocenters. The van der Waals surface area contributed by atoms with Crippen LogP contribution in [0.4, 0.5) is 0 Å². The highest BCUT2D eigenvalue weighted by molar-refractivity contribution is 5.87. The fraction of sp³-hybridized carbons (Fsp3) is 0.714. The number of carbonyl (C=O) groups is 2. The first-order valence-corrected chi connectivity index (χ1v) is 6.56. The maximum atomic E-state index is 12.1. The third kappa shape index (κ3) is 5.87. The van der Waals surface area contributed by atoms with Gasteiger partial charge >= 0.3 is 0 Å². The van der Waals surface area contributed by atoms with Crippen LogP contribution in [0.25, 0.3) is 0 Å². The Morgan fingerprint density at radius 1 is 1.37 bits per heavy atom. The molecular formula is C14H27N3O2. The normalized spacial score (nSPS) is 13.0. The molecule has 0 radical (unpaired) electrons. The Balaban J connectivity index is 4.51. The summed E-state index contributed by atoms with van der Waals surface area (Å²) in [4.78, 5) is 25.5. The number of nitrogens with two attached hydrogens (primary N) is 1. The molecule has 0 fully saturated rings. The zero-order chi connectivity index (χ0) is 15.2. The van der Waals surface area contributed by atoms with Crippen molar-refractivity contribution >= 4 is 11.8 Å². The molecule has 0 aliphatic carbocycles. The Bertz CT molecular complexity index is 332. The molecule has 0 heterocycles. The Morgan fingerprint density at radius 3 is 2.26 bits per heavy atom. The van der Waals surface area contributed by atoms with Crippen molar-refractivity contribution in [3.8, 4) is 0 Å². The molecule has 0 aliphatic rings. The molecule has 0 rings (SSSR count). The molecule has 110 valence electrons. The molecule has 0 unspecified atom stereocenters. The summed E-state index contributed by atoms with van der Waals surface area (Å²) in [5.41, 5.74) is 5.40. The zero-order valence-electron chi connectivity index (χ0n) is 12.7. The van der Waals surface area contributed by atoms with Gasteiger partial charge in [0.2, 0.25) is 11.8 Å². The van der Waals surface area contributed by atoms with Gasteiger partial charge in [-0.25, -0.2) is 0 Å². The molecule has 5 nitrogen and oxygen atoms in total. The largest absolute Gasteiger partial charge is 0.346 e. The lowest BCUT2D eigenvalue weighted by atomic mass is 10.0. The third-order valence-electron chi connectivity index (χ3n) is 2.86. The van der Waals surface area contributed by atoms with Crippen molar-refractivity contribution < 1.29 is 9.59 Å². The third-order valence-corrected chi connectivity index (χ3v) is 2.86. The van der Waals surface area contributed by atoms with Crippen LogP contribution in [0.3, 0.4) is 0 Å². The minimum absolute atomic E-state index is 0.0373. The smallest absolute Gasteiger partial charge is 0.242 e. The summed E-state index contributed by atoms with van der Waals surface area (Å²) in [5.74, 6) is -0.394. The van der Waals surface area contributed by atoms with Crippen molar-refractivity contribution in [3.63, 3.8) is 0 Å². The second-order valence-electron chi connectivity index (χ2n) is 5.95. The van der Waals surface area contributed by atoms with E-state index in [4.69, 9.17) is 5.73 Å². The van der Waals surface area contributed by atoms with Crippen LogP contribution < -0.4 is 11.1 Å². The van der Waals surface area contributed by atoms with Gasteiger partial charge < -0.3 is 16.0 Å². The van der Waals surface area contributed by atoms with E-state index in [1.54, 1.807) is 11.0 Å². The van der Waals surface area contributed by atoms with Crippen LogP contribution in [0, 0.1) is 5.92 Å². The number of hydrogen-bond acceptors (Lipinski definition) is 3. The van der Waals surface area contributed by atoms with E-state index < -0.39 is 6.04 Å². The predicted octanol–water partition coefficient (Wildman–Crippen LogP) is 0.899. The average molecular weight is 269 g/mol. The van der Waals surface area contributed by atoms with E-state index in [2.05, 4.69) is 11.9 Å². The number of hydrogen-bond donors (Lipinski definition) is 2. The quantitative estimate of drug-likeness (QED) is 0.703. The Labute approximate surface area is 116 Å². The van der Waals surface area contributed by atoms with E-state index in [0.717, 1.165) is 0 Å². The van der Waals surface area contributed by atoms with Gasteiger partial charge in [-0.05, 0) is 26.7 Å². The monoisotopic (exact) mass is 269 g/mol. The van der Waals surface area contributed by atoms with Crippen LogP contribution in [-0.2, 0) is 9.59 Å². The number of carbonyl (C=O) groups excluding carboxylic acids is 2. The Morgan fingerprint density at radius 2 is 1.89 bits per heavy atom. The van der Waals surface area contributed by atoms with E-state index in [-0.39, 0.29) is 29.8 Å². The molecule has 0 aliphatic heterocycles. The summed E-state index contributed by atoms with van der Waals surface area (Å²) >= 11 is 0. The highest BCUT2D eigenvalue weighted by atomic mass is 16.2. The molecule has 19 heavy (non-hydrogen) atoms. The van der Waals surface area contributed by atoms with Crippen molar-refractivity contribution in [2.24, 2.45) is 11.7 Å². The van der Waals surface area contributed by atoms with E-state index in [1.807, 2.05) is 34.6 Å². The molecular weight excluding hydrogens is 242 g/mol. The van der Waals surface area contributed by atoms with Gasteiger partial charge in [0.1, 0.15) is 0 Å². The lowest BCUT2D eigenvalue weighted by Gasteiger charge is -2.35. The highest BCUT2D eigenvalue weighted by Gasteiger charge is 2.26. The molecule has 5 heteroatoms.